The summed E-state index contributed by atoms with van der Waals surface area (Å²) in [6.07, 6.45) is 5.69. The van der Waals surface area contributed by atoms with Crippen molar-refractivity contribution in [3.8, 4) is 6.07 Å². The summed E-state index contributed by atoms with van der Waals surface area (Å²) < 4.78 is 4.32. The SMILES string of the molecule is N#Cc1ccc(NC(=O)Cn2c(=O)c3c(ncn3C3CCCC3)n(Cc3ccccc3)c2=O)cc1. The number of hydrogen-bond acceptors (Lipinski definition) is 5. The average Bonchev–Trinajstić information content (AvgIpc) is 3.56. The maximum Gasteiger partial charge on any atom is 0.333 e. The van der Waals surface area contributed by atoms with Gasteiger partial charge < -0.3 is 9.88 Å². The normalized spacial score (nSPS) is 13.7. The summed E-state index contributed by atoms with van der Waals surface area (Å²) >= 11 is 0. The van der Waals surface area contributed by atoms with Crippen LogP contribution in [0.25, 0.3) is 11.2 Å². The largest absolute Gasteiger partial charge is 0.333 e. The van der Waals surface area contributed by atoms with E-state index in [1.54, 1.807) is 30.6 Å². The quantitative estimate of drug-likeness (QED) is 0.467. The van der Waals surface area contributed by atoms with Gasteiger partial charge in [-0.3, -0.25) is 14.2 Å². The van der Waals surface area contributed by atoms with E-state index >= 15 is 0 Å². The molecule has 2 aromatic heterocycles. The standard InChI is InChI=1S/C26H24N6O3/c27-14-18-10-12-20(13-11-18)29-22(33)16-31-25(34)23-24(28-17-32(23)21-8-4-5-9-21)30(26(31)35)15-19-6-2-1-3-7-19/h1-3,6-7,10-13,17,21H,4-5,8-9,15-16H2,(H,29,33). The monoisotopic (exact) mass is 468 g/mol. The summed E-state index contributed by atoms with van der Waals surface area (Å²) in [6.45, 7) is -0.201. The topological polar surface area (TPSA) is 115 Å². The van der Waals surface area contributed by atoms with E-state index in [4.69, 9.17) is 5.26 Å². The van der Waals surface area contributed by atoms with Gasteiger partial charge in [-0.25, -0.2) is 14.3 Å². The van der Waals surface area contributed by atoms with Gasteiger partial charge in [0.05, 0.1) is 24.5 Å². The molecule has 1 N–H and O–H groups in total. The number of rotatable bonds is 6. The Balaban J connectivity index is 1.57. The Morgan fingerprint density at radius 3 is 2.43 bits per heavy atom. The Kier molecular flexibility index (Phi) is 6.02. The molecule has 2 heterocycles. The van der Waals surface area contributed by atoms with Crippen LogP contribution in [0.5, 0.6) is 0 Å². The molecular weight excluding hydrogens is 444 g/mol. The number of nitrogens with one attached hydrogen (secondary N) is 1. The molecule has 9 heteroatoms. The molecule has 9 nitrogen and oxygen atoms in total. The Hall–Kier alpha value is -4.45. The van der Waals surface area contributed by atoms with E-state index in [0.717, 1.165) is 35.8 Å². The third-order valence-corrected chi connectivity index (χ3v) is 6.44. The van der Waals surface area contributed by atoms with Crippen LogP contribution >= 0.6 is 0 Å². The van der Waals surface area contributed by atoms with Crippen LogP contribution in [0, 0.1) is 11.3 Å². The molecule has 1 saturated carbocycles. The highest BCUT2D eigenvalue weighted by Gasteiger charge is 2.25. The number of benzene rings is 2. The number of aromatic nitrogens is 4. The lowest BCUT2D eigenvalue weighted by molar-refractivity contribution is -0.116. The fourth-order valence-corrected chi connectivity index (χ4v) is 4.69. The Morgan fingerprint density at radius 2 is 1.74 bits per heavy atom. The summed E-state index contributed by atoms with van der Waals surface area (Å²) in [4.78, 5) is 44.3. The van der Waals surface area contributed by atoms with Crippen molar-refractivity contribution in [2.45, 2.75) is 44.8 Å². The number of carbonyl (C=O) groups is 1. The highest BCUT2D eigenvalue weighted by Crippen LogP contribution is 2.31. The molecule has 0 spiro atoms. The molecule has 176 valence electrons. The van der Waals surface area contributed by atoms with Crippen LogP contribution < -0.4 is 16.6 Å². The molecule has 0 saturated heterocycles. The van der Waals surface area contributed by atoms with Gasteiger partial charge in [0.25, 0.3) is 5.56 Å². The second kappa shape index (κ2) is 9.43. The summed E-state index contributed by atoms with van der Waals surface area (Å²) in [5, 5.41) is 11.6. The van der Waals surface area contributed by atoms with Crippen LogP contribution in [0.15, 0.2) is 70.5 Å². The lowest BCUT2D eigenvalue weighted by atomic mass is 10.2. The number of amides is 1. The van der Waals surface area contributed by atoms with Crippen LogP contribution in [0.4, 0.5) is 5.69 Å². The van der Waals surface area contributed by atoms with Gasteiger partial charge in [-0.05, 0) is 42.7 Å². The number of nitrogens with zero attached hydrogens (tertiary/aromatic N) is 5. The van der Waals surface area contributed by atoms with Gasteiger partial charge in [0.1, 0.15) is 6.54 Å². The van der Waals surface area contributed by atoms with Crippen LogP contribution in [-0.2, 0) is 17.9 Å². The minimum Gasteiger partial charge on any atom is -0.325 e. The average molecular weight is 469 g/mol. The molecule has 35 heavy (non-hydrogen) atoms. The molecule has 0 radical (unpaired) electrons. The van der Waals surface area contributed by atoms with E-state index in [1.807, 2.05) is 41.0 Å². The zero-order valence-electron chi connectivity index (χ0n) is 19.1. The maximum atomic E-state index is 13.5. The molecule has 1 fully saturated rings. The minimum absolute atomic E-state index is 0.149. The first-order chi connectivity index (χ1) is 17.0. The molecule has 4 aromatic rings. The highest BCUT2D eigenvalue weighted by atomic mass is 16.2. The molecule has 1 amide bonds. The van der Waals surface area contributed by atoms with E-state index < -0.39 is 23.7 Å². The molecule has 0 atom stereocenters. The maximum absolute atomic E-state index is 13.5. The molecular formula is C26H24N6O3. The number of imidazole rings is 1. The molecule has 1 aliphatic carbocycles. The van der Waals surface area contributed by atoms with Gasteiger partial charge in [-0.1, -0.05) is 43.2 Å². The van der Waals surface area contributed by atoms with Gasteiger partial charge in [0.15, 0.2) is 11.2 Å². The molecule has 5 rings (SSSR count). The Labute approximate surface area is 200 Å². The van der Waals surface area contributed by atoms with Crippen molar-refractivity contribution in [2.75, 3.05) is 5.32 Å². The number of hydrogen-bond donors (Lipinski definition) is 1. The lowest BCUT2D eigenvalue weighted by Crippen LogP contribution is -2.43. The van der Waals surface area contributed by atoms with Crippen molar-refractivity contribution in [1.29, 1.82) is 5.26 Å². The third-order valence-electron chi connectivity index (χ3n) is 6.44. The molecule has 2 aromatic carbocycles. The number of fused-ring (bicyclic) bond motifs is 1. The number of anilines is 1. The molecule has 0 aliphatic heterocycles. The van der Waals surface area contributed by atoms with Crippen LogP contribution in [0.3, 0.4) is 0 Å². The van der Waals surface area contributed by atoms with Gasteiger partial charge in [-0.15, -0.1) is 0 Å². The zero-order chi connectivity index (χ0) is 24.4. The summed E-state index contributed by atoms with van der Waals surface area (Å²) in [5.41, 5.74) is 1.40. The number of carbonyl (C=O) groups excluding carboxylic acids is 1. The van der Waals surface area contributed by atoms with Gasteiger partial charge in [0.2, 0.25) is 5.91 Å². The van der Waals surface area contributed by atoms with E-state index in [9.17, 15) is 14.4 Å². The van der Waals surface area contributed by atoms with Crippen molar-refractivity contribution in [3.05, 3.63) is 92.9 Å². The van der Waals surface area contributed by atoms with Crippen molar-refractivity contribution in [3.63, 3.8) is 0 Å². The predicted molar refractivity (Wildman–Crippen MR) is 131 cm³/mol. The van der Waals surface area contributed by atoms with Crippen molar-refractivity contribution < 1.29 is 4.79 Å². The van der Waals surface area contributed by atoms with E-state index in [-0.39, 0.29) is 12.6 Å². The summed E-state index contributed by atoms with van der Waals surface area (Å²) in [6, 6.07) is 18.0. The highest BCUT2D eigenvalue weighted by molar-refractivity contribution is 5.90. The van der Waals surface area contributed by atoms with Crippen LogP contribution in [0.2, 0.25) is 0 Å². The molecule has 0 bridgehead atoms. The van der Waals surface area contributed by atoms with E-state index in [0.29, 0.717) is 22.4 Å². The Bertz CT molecular complexity index is 1530. The first-order valence-electron chi connectivity index (χ1n) is 11.6. The fourth-order valence-electron chi connectivity index (χ4n) is 4.69. The second-order valence-corrected chi connectivity index (χ2v) is 8.75. The third kappa shape index (κ3) is 4.38. The Morgan fingerprint density at radius 1 is 1.03 bits per heavy atom. The predicted octanol–water partition coefficient (Wildman–Crippen LogP) is 3.03. The summed E-state index contributed by atoms with van der Waals surface area (Å²) in [5.74, 6) is -0.508. The minimum atomic E-state index is -0.585. The zero-order valence-corrected chi connectivity index (χ0v) is 19.1. The summed E-state index contributed by atoms with van der Waals surface area (Å²) in [7, 11) is 0. The van der Waals surface area contributed by atoms with Crippen LogP contribution in [-0.4, -0.2) is 24.6 Å². The van der Waals surface area contributed by atoms with Crippen molar-refractivity contribution >= 4 is 22.8 Å². The van der Waals surface area contributed by atoms with Gasteiger partial charge in [-0.2, -0.15) is 5.26 Å². The van der Waals surface area contributed by atoms with E-state index in [2.05, 4.69) is 10.3 Å². The van der Waals surface area contributed by atoms with Crippen LogP contribution in [0.1, 0.15) is 42.9 Å². The number of nitriles is 1. The van der Waals surface area contributed by atoms with Gasteiger partial charge in [0, 0.05) is 11.7 Å². The first kappa shape index (κ1) is 22.3. The van der Waals surface area contributed by atoms with E-state index in [1.165, 1.54) is 4.57 Å². The van der Waals surface area contributed by atoms with Crippen molar-refractivity contribution in [2.24, 2.45) is 0 Å². The smallest absolute Gasteiger partial charge is 0.325 e. The first-order valence-corrected chi connectivity index (χ1v) is 11.6. The molecule has 1 aliphatic rings. The lowest BCUT2D eigenvalue weighted by Gasteiger charge is -2.15. The van der Waals surface area contributed by atoms with Gasteiger partial charge >= 0.3 is 5.69 Å². The van der Waals surface area contributed by atoms with Crippen molar-refractivity contribution in [1.82, 2.24) is 18.7 Å². The fraction of sp³-hybridized carbons (Fsp3) is 0.269. The second-order valence-electron chi connectivity index (χ2n) is 8.75. The molecule has 0 unspecified atom stereocenters.